The van der Waals surface area contributed by atoms with E-state index in [9.17, 15) is 0 Å². The minimum absolute atomic E-state index is 0.00116. The van der Waals surface area contributed by atoms with E-state index in [1.54, 1.807) is 0 Å². The van der Waals surface area contributed by atoms with Gasteiger partial charge in [0.15, 0.2) is 11.5 Å². The Labute approximate surface area is 61.0 Å². The van der Waals surface area contributed by atoms with Crippen LogP contribution in [0.4, 0.5) is 5.82 Å². The zero-order valence-corrected chi connectivity index (χ0v) is 5.54. The summed E-state index contributed by atoms with van der Waals surface area (Å²) in [5.74, 6) is 0.0512. The van der Waals surface area contributed by atoms with Crippen LogP contribution in [0, 0.1) is 0 Å². The molecule has 0 saturated carbocycles. The highest BCUT2D eigenvalue weighted by atomic mass is 35.5. The number of aliphatic hydroxyl groups excluding tert-OH is 1. The van der Waals surface area contributed by atoms with Crippen LogP contribution in [0.5, 0.6) is 0 Å². The highest BCUT2D eigenvalue weighted by molar-refractivity contribution is 6.48. The van der Waals surface area contributed by atoms with E-state index < -0.39 is 0 Å². The molecule has 6 heteroatoms. The van der Waals surface area contributed by atoms with Gasteiger partial charge in [-0.1, -0.05) is 11.6 Å². The van der Waals surface area contributed by atoms with Crippen LogP contribution in [0.25, 0.3) is 5.03 Å². The van der Waals surface area contributed by atoms with Crippen molar-refractivity contribution < 1.29 is 9.74 Å². The number of nitrogen functional groups attached to an aromatic ring is 1. The molecule has 0 atom stereocenters. The summed E-state index contributed by atoms with van der Waals surface area (Å²) in [5.41, 5.74) is 5.36. The van der Waals surface area contributed by atoms with E-state index >= 15 is 0 Å². The Morgan fingerprint density at radius 3 is 2.80 bits per heavy atom. The first-order valence-electron chi connectivity index (χ1n) is 2.34. The first-order valence-corrected chi connectivity index (χ1v) is 2.71. The quantitative estimate of drug-likeness (QED) is 0.594. The van der Waals surface area contributed by atoms with Crippen molar-refractivity contribution in [2.75, 3.05) is 5.73 Å². The number of rotatable bonds is 1. The minimum Gasteiger partial charge on any atom is -0.514 e. The van der Waals surface area contributed by atoms with Gasteiger partial charge < -0.3 is 10.8 Å². The van der Waals surface area contributed by atoms with Crippen LogP contribution < -0.4 is 5.73 Å². The summed E-state index contributed by atoms with van der Waals surface area (Å²) in [5, 5.41) is 14.9. The molecule has 0 radical (unpaired) electrons. The van der Waals surface area contributed by atoms with Crippen LogP contribution in [0.3, 0.4) is 0 Å². The Morgan fingerprint density at radius 2 is 2.40 bits per heavy atom. The molecule has 0 amide bonds. The van der Waals surface area contributed by atoms with Crippen LogP contribution in [0.1, 0.15) is 5.69 Å². The third-order valence-electron chi connectivity index (χ3n) is 0.853. The largest absolute Gasteiger partial charge is 0.514 e. The number of halogens is 1. The first-order chi connectivity index (χ1) is 4.75. The van der Waals surface area contributed by atoms with Crippen molar-refractivity contribution in [3.05, 3.63) is 12.0 Å². The average molecular weight is 162 g/mol. The van der Waals surface area contributed by atoms with E-state index in [-0.39, 0.29) is 16.5 Å². The Kier molecular flexibility index (Phi) is 1.77. The molecule has 0 aliphatic carbocycles. The lowest BCUT2D eigenvalue weighted by Gasteiger charge is -1.86. The SMILES string of the molecule is Nc1nonc1/C(Cl)=C/O. The lowest BCUT2D eigenvalue weighted by atomic mass is 10.4. The molecular formula is C4H4ClN3O2. The summed E-state index contributed by atoms with van der Waals surface area (Å²) in [6.07, 6.45) is 0.664. The molecule has 54 valence electrons. The number of aromatic nitrogens is 2. The molecule has 1 rings (SSSR count). The van der Waals surface area contributed by atoms with E-state index in [1.165, 1.54) is 0 Å². The fourth-order valence-corrected chi connectivity index (χ4v) is 0.554. The maximum Gasteiger partial charge on any atom is 0.197 e. The summed E-state index contributed by atoms with van der Waals surface area (Å²) in [7, 11) is 0. The Bertz CT molecular complexity index is 257. The van der Waals surface area contributed by atoms with Crippen molar-refractivity contribution >= 4 is 22.5 Å². The number of nitrogens with zero attached hydrogens (tertiary/aromatic N) is 2. The van der Waals surface area contributed by atoms with Crippen LogP contribution in [0.15, 0.2) is 10.9 Å². The highest BCUT2D eigenvalue weighted by Crippen LogP contribution is 2.19. The molecule has 3 N–H and O–H groups in total. The number of nitrogens with two attached hydrogens (primary N) is 1. The molecule has 0 aromatic carbocycles. The van der Waals surface area contributed by atoms with E-state index in [4.69, 9.17) is 22.4 Å². The van der Waals surface area contributed by atoms with Gasteiger partial charge in [-0.25, -0.2) is 4.63 Å². The fraction of sp³-hybridized carbons (Fsp3) is 0. The fourth-order valence-electron chi connectivity index (χ4n) is 0.422. The van der Waals surface area contributed by atoms with Crippen molar-refractivity contribution in [3.8, 4) is 0 Å². The van der Waals surface area contributed by atoms with Crippen LogP contribution in [0.2, 0.25) is 0 Å². The number of hydrogen-bond acceptors (Lipinski definition) is 5. The zero-order valence-electron chi connectivity index (χ0n) is 4.78. The Balaban J connectivity index is 3.05. The monoisotopic (exact) mass is 161 g/mol. The molecule has 0 spiro atoms. The molecule has 0 aliphatic rings. The smallest absolute Gasteiger partial charge is 0.197 e. The third-order valence-corrected chi connectivity index (χ3v) is 1.13. The van der Waals surface area contributed by atoms with Crippen molar-refractivity contribution in [1.29, 1.82) is 0 Å². The molecule has 1 heterocycles. The van der Waals surface area contributed by atoms with E-state index in [0.717, 1.165) is 0 Å². The molecule has 0 saturated heterocycles. The lowest BCUT2D eigenvalue weighted by molar-refractivity contribution is 0.308. The van der Waals surface area contributed by atoms with Gasteiger partial charge in [-0.05, 0) is 10.3 Å². The van der Waals surface area contributed by atoms with Gasteiger partial charge in [0.05, 0.1) is 0 Å². The van der Waals surface area contributed by atoms with Crippen molar-refractivity contribution in [2.24, 2.45) is 0 Å². The molecule has 5 nitrogen and oxygen atoms in total. The highest BCUT2D eigenvalue weighted by Gasteiger charge is 2.08. The topological polar surface area (TPSA) is 85.2 Å². The summed E-state index contributed by atoms with van der Waals surface area (Å²) in [6, 6.07) is 0. The first kappa shape index (κ1) is 6.88. The normalized spacial score (nSPS) is 11.9. The molecule has 1 aromatic heterocycles. The Hall–Kier alpha value is -1.23. The minimum atomic E-state index is -0.00116. The second-order valence-electron chi connectivity index (χ2n) is 1.48. The molecule has 0 bridgehead atoms. The predicted octanol–water partition coefficient (Wildman–Crippen LogP) is 0.747. The molecule has 0 aliphatic heterocycles. The lowest BCUT2D eigenvalue weighted by Crippen LogP contribution is -1.88. The average Bonchev–Trinajstić information content (AvgIpc) is 2.34. The van der Waals surface area contributed by atoms with E-state index in [0.29, 0.717) is 6.26 Å². The van der Waals surface area contributed by atoms with E-state index in [1.807, 2.05) is 0 Å². The molecule has 10 heavy (non-hydrogen) atoms. The van der Waals surface area contributed by atoms with Gasteiger partial charge in [-0.3, -0.25) is 0 Å². The van der Waals surface area contributed by atoms with Gasteiger partial charge in [-0.2, -0.15) is 0 Å². The van der Waals surface area contributed by atoms with Gasteiger partial charge in [0, 0.05) is 0 Å². The third kappa shape index (κ3) is 1.03. The van der Waals surface area contributed by atoms with Crippen molar-refractivity contribution in [1.82, 2.24) is 10.3 Å². The molecule has 0 unspecified atom stereocenters. The van der Waals surface area contributed by atoms with Gasteiger partial charge in [0.2, 0.25) is 0 Å². The summed E-state index contributed by atoms with van der Waals surface area (Å²) in [4.78, 5) is 0. The van der Waals surface area contributed by atoms with Gasteiger partial charge in [0.25, 0.3) is 0 Å². The second kappa shape index (κ2) is 2.57. The molecule has 0 fully saturated rings. The number of hydrogen-bond donors (Lipinski definition) is 2. The maximum atomic E-state index is 8.37. The number of anilines is 1. The Morgan fingerprint density at radius 1 is 1.70 bits per heavy atom. The van der Waals surface area contributed by atoms with Gasteiger partial charge >= 0.3 is 0 Å². The summed E-state index contributed by atoms with van der Waals surface area (Å²) in [6.45, 7) is 0. The van der Waals surface area contributed by atoms with Crippen LogP contribution >= 0.6 is 11.6 Å². The zero-order chi connectivity index (χ0) is 7.56. The molecule has 1 aromatic rings. The van der Waals surface area contributed by atoms with Crippen LogP contribution in [-0.4, -0.2) is 15.4 Å². The van der Waals surface area contributed by atoms with Crippen molar-refractivity contribution in [2.45, 2.75) is 0 Å². The van der Waals surface area contributed by atoms with Gasteiger partial charge in [0.1, 0.15) is 11.3 Å². The standard InChI is InChI=1S/C4H4ClN3O2/c5-2(1-9)3-4(6)8-10-7-3/h1,9H,(H2,6,8)/b2-1-. The second-order valence-corrected chi connectivity index (χ2v) is 1.88. The van der Waals surface area contributed by atoms with Crippen LogP contribution in [-0.2, 0) is 0 Å². The number of aliphatic hydroxyl groups is 1. The predicted molar refractivity (Wildman–Crippen MR) is 35.2 cm³/mol. The van der Waals surface area contributed by atoms with E-state index in [2.05, 4.69) is 14.9 Å². The summed E-state index contributed by atoms with van der Waals surface area (Å²) < 4.78 is 4.21. The van der Waals surface area contributed by atoms with Gasteiger partial charge in [-0.15, -0.1) is 0 Å². The molecular weight excluding hydrogens is 158 g/mol. The summed E-state index contributed by atoms with van der Waals surface area (Å²) >= 11 is 5.41. The van der Waals surface area contributed by atoms with Crippen molar-refractivity contribution in [3.63, 3.8) is 0 Å². The maximum absolute atomic E-state index is 8.37.